The molecule has 2 aromatic rings. The van der Waals surface area contributed by atoms with Crippen LogP contribution in [0.2, 0.25) is 0 Å². The maximum absolute atomic E-state index is 13.7. The van der Waals surface area contributed by atoms with Gasteiger partial charge in [0.1, 0.15) is 6.67 Å². The van der Waals surface area contributed by atoms with Crippen LogP contribution >= 0.6 is 0 Å². The minimum Gasteiger partial charge on any atom is -0.367 e. The number of carbonyl (C=O) groups is 3. The van der Waals surface area contributed by atoms with Crippen molar-refractivity contribution in [2.45, 2.75) is 55.9 Å². The molecule has 3 saturated heterocycles. The number of hydrogen-bond donors (Lipinski definition) is 1. The minimum atomic E-state index is -1.38. The third-order valence-corrected chi connectivity index (χ3v) is 9.14. The quantitative estimate of drug-likeness (QED) is 0.554. The molecule has 1 N–H and O–H groups in total. The average molecular weight is 524 g/mol. The third-order valence-electron chi connectivity index (χ3n) is 7.77. The molecule has 2 bridgehead atoms. The first kappa shape index (κ1) is 25.2. The highest BCUT2D eigenvalue weighted by Gasteiger charge is 2.73. The summed E-state index contributed by atoms with van der Waals surface area (Å²) in [5.41, 5.74) is -0.597. The number of benzene rings is 2. The summed E-state index contributed by atoms with van der Waals surface area (Å²) < 4.78 is 33.0. The van der Waals surface area contributed by atoms with Gasteiger partial charge in [-0.3, -0.25) is 18.6 Å². The Labute approximate surface area is 216 Å². The second-order valence-electron chi connectivity index (χ2n) is 10.0. The van der Waals surface area contributed by atoms with Crippen LogP contribution in [0.3, 0.4) is 0 Å². The van der Waals surface area contributed by atoms with Crippen LogP contribution in [0.1, 0.15) is 44.2 Å². The Hall–Kier alpha value is -3.42. The van der Waals surface area contributed by atoms with Gasteiger partial charge in [-0.15, -0.1) is 0 Å². The highest BCUT2D eigenvalue weighted by Crippen LogP contribution is 2.62. The summed E-state index contributed by atoms with van der Waals surface area (Å²) in [7, 11) is -1.38. The van der Waals surface area contributed by atoms with E-state index in [1.165, 1.54) is 25.1 Å². The Bertz CT molecular complexity index is 1370. The number of nitrogens with zero attached hydrogens (tertiary/aromatic N) is 2. The number of anilines is 2. The van der Waals surface area contributed by atoms with Crippen LogP contribution in [0.4, 0.5) is 15.8 Å². The van der Waals surface area contributed by atoms with Crippen LogP contribution in [-0.2, 0) is 36.6 Å². The van der Waals surface area contributed by atoms with E-state index in [0.29, 0.717) is 29.8 Å². The second-order valence-corrected chi connectivity index (χ2v) is 11.6. The predicted octanol–water partition coefficient (Wildman–Crippen LogP) is 3.61. The molecule has 10 heteroatoms. The Morgan fingerprint density at radius 3 is 2.54 bits per heavy atom. The lowest BCUT2D eigenvalue weighted by Crippen LogP contribution is -2.43. The molecule has 0 spiro atoms. The molecule has 3 fully saturated rings. The molecule has 37 heavy (non-hydrogen) atoms. The summed E-state index contributed by atoms with van der Waals surface area (Å²) in [6.07, 6.45) is 1.50. The van der Waals surface area contributed by atoms with Gasteiger partial charge in [0.15, 0.2) is 0 Å². The van der Waals surface area contributed by atoms with Crippen LogP contribution in [0, 0.1) is 23.2 Å². The lowest BCUT2D eigenvalue weighted by molar-refractivity contribution is -0.130. The monoisotopic (exact) mass is 523 g/mol. The molecule has 8 nitrogen and oxygen atoms in total. The average Bonchev–Trinajstić information content (AvgIpc) is 3.46. The number of nitriles is 1. The molecule has 192 valence electrons. The summed E-state index contributed by atoms with van der Waals surface area (Å²) in [4.78, 5) is 40.1. The number of nitrogens with one attached hydrogen (secondary N) is 1. The normalized spacial score (nSPS) is 28.8. The molecule has 3 aliphatic heterocycles. The summed E-state index contributed by atoms with van der Waals surface area (Å²) in [6, 6.07) is 13.0. The summed E-state index contributed by atoms with van der Waals surface area (Å²) in [5.74, 6) is -2.15. The lowest BCUT2D eigenvalue weighted by Gasteiger charge is -2.31. The van der Waals surface area contributed by atoms with Gasteiger partial charge in [-0.1, -0.05) is 0 Å². The number of rotatable bonds is 7. The minimum absolute atomic E-state index is 0.123. The third kappa shape index (κ3) is 4.06. The molecule has 2 aromatic carbocycles. The number of ether oxygens (including phenoxy) is 1. The van der Waals surface area contributed by atoms with Crippen LogP contribution < -0.4 is 10.2 Å². The smallest absolute Gasteiger partial charge is 0.240 e. The Balaban J connectivity index is 1.38. The largest absolute Gasteiger partial charge is 0.367 e. The zero-order chi connectivity index (χ0) is 26.5. The summed E-state index contributed by atoms with van der Waals surface area (Å²) >= 11 is 0. The van der Waals surface area contributed by atoms with Gasteiger partial charge in [0.05, 0.1) is 51.2 Å². The first-order chi connectivity index (χ1) is 17.6. The molecule has 0 aromatic heterocycles. The number of hydrogen-bond acceptors (Lipinski definition) is 6. The summed E-state index contributed by atoms with van der Waals surface area (Å²) in [6.45, 7) is 2.37. The van der Waals surface area contributed by atoms with E-state index in [0.717, 1.165) is 4.90 Å². The van der Waals surface area contributed by atoms with Gasteiger partial charge in [0.2, 0.25) is 17.7 Å². The highest BCUT2D eigenvalue weighted by atomic mass is 32.2. The van der Waals surface area contributed by atoms with Gasteiger partial charge in [-0.25, -0.2) is 9.29 Å². The van der Waals surface area contributed by atoms with Gasteiger partial charge in [0.25, 0.3) is 0 Å². The molecular formula is C27H26FN3O5S. The molecule has 3 amide bonds. The van der Waals surface area contributed by atoms with Crippen molar-refractivity contribution in [1.82, 2.24) is 0 Å². The topological polar surface area (TPSA) is 117 Å². The zero-order valence-corrected chi connectivity index (χ0v) is 21.3. The standard InChI is InChI=1S/C27H26FN3O5S/c1-16(32)30-19-4-7-21(8-5-19)37(35)12-11-27-10-9-26(2,36-27)22-23(27)25(34)31(24(22)33)20-6-3-17(15-29)18(13-20)14-28/h3-8,13,22-23H,9-12,14H2,1-2H3,(H,30,32)/t22-,23+,26?,27?,37?/m0/s1. The van der Waals surface area contributed by atoms with Crippen molar-refractivity contribution in [2.24, 2.45) is 11.8 Å². The van der Waals surface area contributed by atoms with Crippen LogP contribution in [0.25, 0.3) is 0 Å². The molecule has 0 radical (unpaired) electrons. The van der Waals surface area contributed by atoms with E-state index >= 15 is 0 Å². The van der Waals surface area contributed by atoms with Gasteiger partial charge >= 0.3 is 0 Å². The van der Waals surface area contributed by atoms with Gasteiger partial charge in [-0.05, 0) is 68.7 Å². The summed E-state index contributed by atoms with van der Waals surface area (Å²) in [5, 5.41) is 11.9. The maximum atomic E-state index is 13.7. The van der Waals surface area contributed by atoms with Crippen molar-refractivity contribution in [1.29, 1.82) is 5.26 Å². The van der Waals surface area contributed by atoms with Crippen molar-refractivity contribution < 1.29 is 27.7 Å². The number of amides is 3. The Morgan fingerprint density at radius 2 is 1.89 bits per heavy atom. The van der Waals surface area contributed by atoms with Crippen LogP contribution in [0.5, 0.6) is 0 Å². The Kier molecular flexibility index (Phi) is 6.24. The fraction of sp³-hybridized carbons (Fsp3) is 0.407. The number of fused-ring (bicyclic) bond motifs is 5. The van der Waals surface area contributed by atoms with E-state index in [4.69, 9.17) is 4.74 Å². The molecule has 0 aliphatic carbocycles. The predicted molar refractivity (Wildman–Crippen MR) is 134 cm³/mol. The van der Waals surface area contributed by atoms with E-state index in [2.05, 4.69) is 5.32 Å². The molecule has 5 atom stereocenters. The molecule has 3 unspecified atom stereocenters. The molecule has 5 rings (SSSR count). The number of halogens is 1. The number of imide groups is 1. The number of alkyl halides is 1. The Morgan fingerprint density at radius 1 is 1.19 bits per heavy atom. The first-order valence-electron chi connectivity index (χ1n) is 12.1. The van der Waals surface area contributed by atoms with E-state index < -0.39 is 46.4 Å². The van der Waals surface area contributed by atoms with Crippen molar-refractivity contribution in [3.63, 3.8) is 0 Å². The van der Waals surface area contributed by atoms with Gasteiger partial charge in [-0.2, -0.15) is 5.26 Å². The lowest BCUT2D eigenvalue weighted by atomic mass is 9.67. The SMILES string of the molecule is CC(=O)Nc1ccc(S(=O)CCC23CCC(C)(O2)[C@@H]2C(=O)N(c4ccc(C#N)c(CF)c4)C(=O)[C@@H]23)cc1. The zero-order valence-electron chi connectivity index (χ0n) is 20.5. The van der Waals surface area contributed by atoms with E-state index in [9.17, 15) is 28.2 Å². The fourth-order valence-corrected chi connectivity index (χ4v) is 7.29. The van der Waals surface area contributed by atoms with Crippen molar-refractivity contribution in [3.8, 4) is 6.07 Å². The maximum Gasteiger partial charge on any atom is 0.240 e. The number of carbonyl (C=O) groups excluding carboxylic acids is 3. The van der Waals surface area contributed by atoms with Crippen molar-refractivity contribution in [2.75, 3.05) is 16.0 Å². The fourth-order valence-electron chi connectivity index (χ4n) is 6.08. The van der Waals surface area contributed by atoms with Gasteiger partial charge < -0.3 is 10.1 Å². The second kappa shape index (κ2) is 9.15. The van der Waals surface area contributed by atoms with Crippen LogP contribution in [-0.4, -0.2) is 38.9 Å². The van der Waals surface area contributed by atoms with Gasteiger partial charge in [0, 0.05) is 28.8 Å². The van der Waals surface area contributed by atoms with E-state index in [1.54, 1.807) is 24.3 Å². The van der Waals surface area contributed by atoms with E-state index in [-0.39, 0.29) is 34.4 Å². The first-order valence-corrected chi connectivity index (χ1v) is 13.4. The molecule has 0 saturated carbocycles. The highest BCUT2D eigenvalue weighted by molar-refractivity contribution is 7.85. The molecular weight excluding hydrogens is 497 g/mol. The van der Waals surface area contributed by atoms with Crippen molar-refractivity contribution in [3.05, 3.63) is 53.6 Å². The van der Waals surface area contributed by atoms with E-state index in [1.807, 2.05) is 13.0 Å². The van der Waals surface area contributed by atoms with Crippen LogP contribution in [0.15, 0.2) is 47.4 Å². The molecule has 3 heterocycles. The molecule has 3 aliphatic rings. The van der Waals surface area contributed by atoms with Crippen molar-refractivity contribution >= 4 is 39.9 Å².